The second-order valence-corrected chi connectivity index (χ2v) is 5.77. The van der Waals surface area contributed by atoms with E-state index < -0.39 is 0 Å². The van der Waals surface area contributed by atoms with Crippen molar-refractivity contribution >= 4 is 40.5 Å². The molecule has 1 aromatic heterocycles. The number of halogens is 1. The number of rotatable bonds is 3. The Kier molecular flexibility index (Phi) is 4.26. The van der Waals surface area contributed by atoms with E-state index in [9.17, 15) is 0 Å². The Labute approximate surface area is 141 Å². The van der Waals surface area contributed by atoms with Crippen LogP contribution >= 0.6 is 11.6 Å². The average Bonchev–Trinajstić information content (AvgIpc) is 2.56. The molecule has 3 heteroatoms. The van der Waals surface area contributed by atoms with E-state index in [0.29, 0.717) is 5.02 Å². The molecular weight excluding hydrogens is 304 g/mol. The van der Waals surface area contributed by atoms with Crippen molar-refractivity contribution in [2.24, 2.45) is 4.99 Å². The van der Waals surface area contributed by atoms with Crippen LogP contribution in [0.5, 0.6) is 0 Å². The van der Waals surface area contributed by atoms with Gasteiger partial charge < -0.3 is 0 Å². The molecule has 0 saturated carbocycles. The third-order valence-electron chi connectivity index (χ3n) is 3.79. The molecule has 2 nitrogen and oxygen atoms in total. The molecule has 0 N–H and O–H groups in total. The molecule has 0 aliphatic heterocycles. The molecule has 23 heavy (non-hydrogen) atoms. The van der Waals surface area contributed by atoms with Crippen molar-refractivity contribution in [1.82, 2.24) is 4.98 Å². The molecule has 0 fully saturated rings. The fraction of sp³-hybridized carbons (Fsp3) is 0.100. The van der Waals surface area contributed by atoms with Gasteiger partial charge in [0.1, 0.15) is 0 Å². The predicted molar refractivity (Wildman–Crippen MR) is 101 cm³/mol. The van der Waals surface area contributed by atoms with Crippen LogP contribution in [-0.2, 0) is 0 Å². The van der Waals surface area contributed by atoms with Crippen LogP contribution < -0.4 is 0 Å². The van der Waals surface area contributed by atoms with E-state index in [0.717, 1.165) is 39.0 Å². The summed E-state index contributed by atoms with van der Waals surface area (Å²) < 4.78 is 0. The van der Waals surface area contributed by atoms with Crippen molar-refractivity contribution in [3.8, 4) is 11.3 Å². The first-order valence-corrected chi connectivity index (χ1v) is 7.82. The number of benzene rings is 2. The molecule has 0 aliphatic carbocycles. The fourth-order valence-electron chi connectivity index (χ4n) is 2.52. The number of pyridine rings is 1. The topological polar surface area (TPSA) is 25.2 Å². The molecule has 0 aliphatic rings. The summed E-state index contributed by atoms with van der Waals surface area (Å²) in [5, 5.41) is 1.64. The summed E-state index contributed by atoms with van der Waals surface area (Å²) in [6.07, 6.45) is 3.60. The monoisotopic (exact) mass is 320 g/mol. The quantitative estimate of drug-likeness (QED) is 0.525. The summed E-state index contributed by atoms with van der Waals surface area (Å²) in [4.78, 5) is 9.17. The number of aliphatic imine (C=N–C) groups is 1. The number of hydrogen-bond donors (Lipinski definition) is 0. The zero-order valence-corrected chi connectivity index (χ0v) is 13.9. The van der Waals surface area contributed by atoms with Crippen LogP contribution in [0, 0.1) is 6.92 Å². The van der Waals surface area contributed by atoms with E-state index in [1.807, 2.05) is 56.3 Å². The van der Waals surface area contributed by atoms with Gasteiger partial charge in [0.2, 0.25) is 0 Å². The number of hydrogen-bond acceptors (Lipinski definition) is 2. The molecule has 0 saturated heterocycles. The third kappa shape index (κ3) is 3.03. The van der Waals surface area contributed by atoms with Gasteiger partial charge in [-0.3, -0.25) is 4.99 Å². The molecule has 0 bridgehead atoms. The van der Waals surface area contributed by atoms with E-state index in [2.05, 4.69) is 17.6 Å². The van der Waals surface area contributed by atoms with Crippen molar-refractivity contribution in [2.45, 2.75) is 13.8 Å². The summed E-state index contributed by atoms with van der Waals surface area (Å²) in [7, 11) is 0. The zero-order chi connectivity index (χ0) is 16.4. The van der Waals surface area contributed by atoms with Gasteiger partial charge in [0.05, 0.1) is 21.9 Å². The van der Waals surface area contributed by atoms with Gasteiger partial charge in [0.25, 0.3) is 0 Å². The minimum Gasteiger partial charge on any atom is -0.261 e. The van der Waals surface area contributed by atoms with E-state index in [1.165, 1.54) is 0 Å². The van der Waals surface area contributed by atoms with Gasteiger partial charge in [-0.15, -0.1) is 0 Å². The van der Waals surface area contributed by atoms with Gasteiger partial charge in [-0.25, -0.2) is 4.98 Å². The first kappa shape index (κ1) is 15.4. The lowest BCUT2D eigenvalue weighted by molar-refractivity contribution is 1.36. The van der Waals surface area contributed by atoms with Crippen LogP contribution in [0.2, 0.25) is 5.02 Å². The minimum atomic E-state index is 0.696. The Bertz CT molecular complexity index is 926. The van der Waals surface area contributed by atoms with Gasteiger partial charge in [0.15, 0.2) is 0 Å². The van der Waals surface area contributed by atoms with Gasteiger partial charge in [-0.1, -0.05) is 48.5 Å². The summed E-state index contributed by atoms with van der Waals surface area (Å²) >= 11 is 6.44. The molecule has 0 radical (unpaired) electrons. The van der Waals surface area contributed by atoms with Gasteiger partial charge in [-0.2, -0.15) is 0 Å². The fourth-order valence-corrected chi connectivity index (χ4v) is 2.79. The molecule has 0 amide bonds. The summed E-state index contributed by atoms with van der Waals surface area (Å²) in [5.41, 5.74) is 5.82. The number of fused-ring (bicyclic) bond motifs is 1. The number of nitrogens with zero attached hydrogens (tertiary/aromatic N) is 2. The lowest BCUT2D eigenvalue weighted by Gasteiger charge is -2.08. The maximum Gasteiger partial charge on any atom is 0.0730 e. The molecular formula is C20H17ClN2. The Balaban J connectivity index is 2.20. The van der Waals surface area contributed by atoms with E-state index in [-0.39, 0.29) is 0 Å². The molecule has 1 heterocycles. The van der Waals surface area contributed by atoms with Crippen LogP contribution in [0.4, 0.5) is 5.69 Å². The van der Waals surface area contributed by atoms with Crippen LogP contribution in [0.15, 0.2) is 54.0 Å². The van der Waals surface area contributed by atoms with Crippen LogP contribution in [0.3, 0.4) is 0 Å². The van der Waals surface area contributed by atoms with E-state index in [4.69, 9.17) is 16.6 Å². The molecule has 0 atom stereocenters. The largest absolute Gasteiger partial charge is 0.261 e. The average molecular weight is 321 g/mol. The Morgan fingerprint density at radius 1 is 1.13 bits per heavy atom. The third-order valence-corrected chi connectivity index (χ3v) is 4.10. The lowest BCUT2D eigenvalue weighted by Crippen LogP contribution is -1.88. The smallest absolute Gasteiger partial charge is 0.0730 e. The van der Waals surface area contributed by atoms with Gasteiger partial charge in [0, 0.05) is 17.2 Å². The standard InChI is InChI=1S/C20H17ClN2/c1-4-14-7-9-16-17(21)12-19(23-20(16)10-14)15-8-6-13(3)18(11-15)22-5-2/h4-12H,1H2,2-3H3/b22-5-. The molecule has 3 rings (SSSR count). The first-order valence-electron chi connectivity index (χ1n) is 7.45. The normalized spacial score (nSPS) is 11.3. The second kappa shape index (κ2) is 6.35. The predicted octanol–water partition coefficient (Wildman–Crippen LogP) is 6.23. The summed E-state index contributed by atoms with van der Waals surface area (Å²) in [6, 6.07) is 14.0. The Morgan fingerprint density at radius 2 is 1.96 bits per heavy atom. The van der Waals surface area contributed by atoms with Crippen LogP contribution in [0.25, 0.3) is 28.2 Å². The Hall–Kier alpha value is -2.45. The van der Waals surface area contributed by atoms with Crippen molar-refractivity contribution in [1.29, 1.82) is 0 Å². The molecule has 0 spiro atoms. The molecule has 114 valence electrons. The minimum absolute atomic E-state index is 0.696. The molecule has 3 aromatic rings. The van der Waals surface area contributed by atoms with Crippen molar-refractivity contribution < 1.29 is 0 Å². The number of aromatic nitrogens is 1. The van der Waals surface area contributed by atoms with E-state index >= 15 is 0 Å². The zero-order valence-electron chi connectivity index (χ0n) is 13.2. The van der Waals surface area contributed by atoms with Crippen molar-refractivity contribution in [2.75, 3.05) is 0 Å². The summed E-state index contributed by atoms with van der Waals surface area (Å²) in [6.45, 7) is 7.76. The highest BCUT2D eigenvalue weighted by molar-refractivity contribution is 6.35. The molecule has 0 unspecified atom stereocenters. The SMILES string of the molecule is C=Cc1ccc2c(Cl)cc(-c3ccc(C)c(/N=C\C)c3)nc2c1. The van der Waals surface area contributed by atoms with Crippen LogP contribution in [-0.4, -0.2) is 11.2 Å². The maximum absolute atomic E-state index is 6.44. The Morgan fingerprint density at radius 3 is 2.70 bits per heavy atom. The highest BCUT2D eigenvalue weighted by Gasteiger charge is 2.08. The lowest BCUT2D eigenvalue weighted by atomic mass is 10.1. The highest BCUT2D eigenvalue weighted by atomic mass is 35.5. The van der Waals surface area contributed by atoms with Crippen LogP contribution in [0.1, 0.15) is 18.1 Å². The van der Waals surface area contributed by atoms with Gasteiger partial charge >= 0.3 is 0 Å². The number of aryl methyl sites for hydroxylation is 1. The highest BCUT2D eigenvalue weighted by Crippen LogP contribution is 2.31. The van der Waals surface area contributed by atoms with Gasteiger partial charge in [-0.05, 0) is 43.2 Å². The van der Waals surface area contributed by atoms with Crippen molar-refractivity contribution in [3.63, 3.8) is 0 Å². The maximum atomic E-state index is 6.44. The van der Waals surface area contributed by atoms with E-state index in [1.54, 1.807) is 6.21 Å². The second-order valence-electron chi connectivity index (χ2n) is 5.36. The molecule has 2 aromatic carbocycles. The summed E-state index contributed by atoms with van der Waals surface area (Å²) in [5.74, 6) is 0. The van der Waals surface area contributed by atoms with Crippen molar-refractivity contribution in [3.05, 3.63) is 65.2 Å². The first-order chi connectivity index (χ1) is 11.1.